The van der Waals surface area contributed by atoms with Crippen molar-refractivity contribution >= 4 is 11.6 Å². The van der Waals surface area contributed by atoms with Gasteiger partial charge in [0.25, 0.3) is 0 Å². The van der Waals surface area contributed by atoms with Crippen molar-refractivity contribution in [3.05, 3.63) is 29.3 Å². The molecule has 0 saturated heterocycles. The monoisotopic (exact) mass is 270 g/mol. The third-order valence-electron chi connectivity index (χ3n) is 2.88. The molecule has 3 nitrogen and oxygen atoms in total. The summed E-state index contributed by atoms with van der Waals surface area (Å²) in [6.45, 7) is 2.13. The number of aryl methyl sites for hydroxylation is 1. The van der Waals surface area contributed by atoms with Gasteiger partial charge in [-0.15, -0.1) is 0 Å². The second-order valence-electron chi connectivity index (χ2n) is 4.58. The summed E-state index contributed by atoms with van der Waals surface area (Å²) in [6, 6.07) is 2.09. The molecule has 0 saturated carbocycles. The summed E-state index contributed by atoms with van der Waals surface area (Å²) in [6.07, 6.45) is 3.87. The normalized spacial score (nSPS) is 10.5. The molecule has 3 N–H and O–H groups in total. The van der Waals surface area contributed by atoms with Gasteiger partial charge in [-0.1, -0.05) is 12.8 Å². The van der Waals surface area contributed by atoms with E-state index >= 15 is 0 Å². The van der Waals surface area contributed by atoms with E-state index in [0.717, 1.165) is 37.8 Å². The Morgan fingerprint density at radius 2 is 1.84 bits per heavy atom. The summed E-state index contributed by atoms with van der Waals surface area (Å²) in [5, 5.41) is 2.39. The van der Waals surface area contributed by atoms with Gasteiger partial charge in [0.05, 0.1) is 5.69 Å². The van der Waals surface area contributed by atoms with E-state index in [2.05, 4.69) is 5.32 Å². The summed E-state index contributed by atoms with van der Waals surface area (Å²) in [7, 11) is 0. The van der Waals surface area contributed by atoms with Crippen LogP contribution >= 0.6 is 0 Å². The summed E-state index contributed by atoms with van der Waals surface area (Å²) in [4.78, 5) is 11.6. The Morgan fingerprint density at radius 1 is 1.16 bits per heavy atom. The molecule has 5 heteroatoms. The van der Waals surface area contributed by atoms with Crippen LogP contribution in [0.5, 0.6) is 0 Å². The highest BCUT2D eigenvalue weighted by atomic mass is 19.1. The third kappa shape index (κ3) is 5.34. The molecule has 0 unspecified atom stereocenters. The molecule has 0 atom stereocenters. The summed E-state index contributed by atoms with van der Waals surface area (Å²) in [5.41, 5.74) is 5.48. The Morgan fingerprint density at radius 3 is 2.53 bits per heavy atom. The average molecular weight is 270 g/mol. The fraction of sp³-hybridized carbons (Fsp3) is 0.500. The van der Waals surface area contributed by atoms with Crippen molar-refractivity contribution in [3.8, 4) is 0 Å². The molecule has 1 aromatic carbocycles. The lowest BCUT2D eigenvalue weighted by atomic mass is 10.1. The van der Waals surface area contributed by atoms with Gasteiger partial charge >= 0.3 is 0 Å². The number of anilines is 1. The molecule has 0 bridgehead atoms. The second-order valence-corrected chi connectivity index (χ2v) is 4.58. The number of carbonyl (C=O) groups excluding carboxylic acids is 1. The standard InChI is InChI=1S/C14H20F2N2O/c1-10-8-12(16)13(9-11(10)15)18-14(19)6-4-2-3-5-7-17/h8-9H,2-7,17H2,1H3,(H,18,19). The van der Waals surface area contributed by atoms with E-state index in [4.69, 9.17) is 5.73 Å². The van der Waals surface area contributed by atoms with Crippen LogP contribution in [0.1, 0.15) is 37.7 Å². The number of carbonyl (C=O) groups is 1. The van der Waals surface area contributed by atoms with Crippen LogP contribution in [0.3, 0.4) is 0 Å². The van der Waals surface area contributed by atoms with Crippen molar-refractivity contribution in [2.45, 2.75) is 39.0 Å². The molecule has 1 amide bonds. The Kier molecular flexibility index (Phi) is 6.42. The molecule has 19 heavy (non-hydrogen) atoms. The van der Waals surface area contributed by atoms with Crippen molar-refractivity contribution in [3.63, 3.8) is 0 Å². The Bertz CT molecular complexity index is 436. The Balaban J connectivity index is 2.42. The minimum atomic E-state index is -0.615. The number of benzene rings is 1. The second kappa shape index (κ2) is 7.84. The molecule has 0 aliphatic carbocycles. The lowest BCUT2D eigenvalue weighted by molar-refractivity contribution is -0.116. The summed E-state index contributed by atoms with van der Waals surface area (Å²) in [5.74, 6) is -1.44. The minimum absolute atomic E-state index is 0.102. The van der Waals surface area contributed by atoms with Crippen LogP contribution in [0, 0.1) is 18.6 Å². The summed E-state index contributed by atoms with van der Waals surface area (Å²) < 4.78 is 26.8. The lowest BCUT2D eigenvalue weighted by Gasteiger charge is -2.08. The molecule has 0 aliphatic rings. The number of unbranched alkanes of at least 4 members (excludes halogenated alkanes) is 3. The number of hydrogen-bond acceptors (Lipinski definition) is 2. The van der Waals surface area contributed by atoms with Crippen molar-refractivity contribution in [1.29, 1.82) is 0 Å². The highest BCUT2D eigenvalue weighted by Gasteiger charge is 2.10. The maximum absolute atomic E-state index is 13.5. The molecule has 0 aliphatic heterocycles. The molecule has 0 spiro atoms. The van der Waals surface area contributed by atoms with Crippen LogP contribution in [0.25, 0.3) is 0 Å². The van der Waals surface area contributed by atoms with Gasteiger partial charge in [0, 0.05) is 12.5 Å². The SMILES string of the molecule is Cc1cc(F)c(NC(=O)CCCCCCN)cc1F. The van der Waals surface area contributed by atoms with Crippen molar-refractivity contribution in [2.24, 2.45) is 5.73 Å². The highest BCUT2D eigenvalue weighted by Crippen LogP contribution is 2.19. The van der Waals surface area contributed by atoms with E-state index in [-0.39, 0.29) is 17.2 Å². The van der Waals surface area contributed by atoms with Gasteiger partial charge in [0.15, 0.2) is 0 Å². The molecule has 106 valence electrons. The predicted molar refractivity (Wildman–Crippen MR) is 71.9 cm³/mol. The van der Waals surface area contributed by atoms with E-state index in [9.17, 15) is 13.6 Å². The molecule has 0 aromatic heterocycles. The minimum Gasteiger partial charge on any atom is -0.330 e. The van der Waals surface area contributed by atoms with Crippen LogP contribution in [0.2, 0.25) is 0 Å². The zero-order chi connectivity index (χ0) is 14.3. The van der Waals surface area contributed by atoms with Crippen LogP contribution in [0.4, 0.5) is 14.5 Å². The number of nitrogens with one attached hydrogen (secondary N) is 1. The van der Waals surface area contributed by atoms with E-state index in [1.54, 1.807) is 0 Å². The van der Waals surface area contributed by atoms with Crippen LogP contribution in [-0.2, 0) is 4.79 Å². The Labute approximate surface area is 112 Å². The van der Waals surface area contributed by atoms with Gasteiger partial charge in [-0.05, 0) is 37.9 Å². The average Bonchev–Trinajstić information content (AvgIpc) is 2.35. The van der Waals surface area contributed by atoms with Gasteiger partial charge in [0.2, 0.25) is 5.91 Å². The van der Waals surface area contributed by atoms with E-state index in [1.807, 2.05) is 0 Å². The maximum atomic E-state index is 13.5. The quantitative estimate of drug-likeness (QED) is 0.748. The van der Waals surface area contributed by atoms with Gasteiger partial charge in [-0.2, -0.15) is 0 Å². The maximum Gasteiger partial charge on any atom is 0.224 e. The first kappa shape index (κ1) is 15.6. The molecular weight excluding hydrogens is 250 g/mol. The van der Waals surface area contributed by atoms with Gasteiger partial charge in [0.1, 0.15) is 11.6 Å². The van der Waals surface area contributed by atoms with Crippen LogP contribution < -0.4 is 11.1 Å². The molecule has 0 heterocycles. The van der Waals surface area contributed by atoms with Crippen LogP contribution in [0.15, 0.2) is 12.1 Å². The molecule has 0 fully saturated rings. The van der Waals surface area contributed by atoms with Crippen molar-refractivity contribution in [1.82, 2.24) is 0 Å². The largest absolute Gasteiger partial charge is 0.330 e. The van der Waals surface area contributed by atoms with E-state index in [1.165, 1.54) is 6.92 Å². The van der Waals surface area contributed by atoms with Crippen molar-refractivity contribution < 1.29 is 13.6 Å². The number of rotatable bonds is 7. The van der Waals surface area contributed by atoms with Crippen molar-refractivity contribution in [2.75, 3.05) is 11.9 Å². The zero-order valence-corrected chi connectivity index (χ0v) is 11.1. The zero-order valence-electron chi connectivity index (χ0n) is 11.1. The van der Waals surface area contributed by atoms with Gasteiger partial charge in [-0.25, -0.2) is 8.78 Å². The molecule has 1 aromatic rings. The topological polar surface area (TPSA) is 55.1 Å². The number of hydrogen-bond donors (Lipinski definition) is 2. The predicted octanol–water partition coefficient (Wildman–Crippen LogP) is 3.12. The number of halogens is 2. The fourth-order valence-corrected chi connectivity index (χ4v) is 1.74. The van der Waals surface area contributed by atoms with Crippen LogP contribution in [-0.4, -0.2) is 12.5 Å². The third-order valence-corrected chi connectivity index (χ3v) is 2.88. The first-order valence-corrected chi connectivity index (χ1v) is 6.50. The smallest absolute Gasteiger partial charge is 0.224 e. The van der Waals surface area contributed by atoms with Gasteiger partial charge < -0.3 is 11.1 Å². The molecule has 1 rings (SSSR count). The molecular formula is C14H20F2N2O. The first-order chi connectivity index (χ1) is 9.04. The van der Waals surface area contributed by atoms with E-state index < -0.39 is 11.6 Å². The van der Waals surface area contributed by atoms with E-state index in [0.29, 0.717) is 13.0 Å². The number of nitrogens with two attached hydrogens (primary N) is 1. The fourth-order valence-electron chi connectivity index (χ4n) is 1.74. The van der Waals surface area contributed by atoms with Gasteiger partial charge in [-0.3, -0.25) is 4.79 Å². The first-order valence-electron chi connectivity index (χ1n) is 6.50. The Hall–Kier alpha value is -1.49. The molecule has 0 radical (unpaired) electrons. The summed E-state index contributed by atoms with van der Waals surface area (Å²) >= 11 is 0. The highest BCUT2D eigenvalue weighted by molar-refractivity contribution is 5.90. The lowest BCUT2D eigenvalue weighted by Crippen LogP contribution is -2.13. The number of amides is 1.